The Bertz CT molecular complexity index is 762. The van der Waals surface area contributed by atoms with Crippen molar-refractivity contribution in [2.24, 2.45) is 5.41 Å². The van der Waals surface area contributed by atoms with Crippen LogP contribution in [0.3, 0.4) is 0 Å². The molecule has 8 nitrogen and oxygen atoms in total. The molecule has 0 unspecified atom stereocenters. The Hall–Kier alpha value is -2.90. The second-order valence-corrected chi connectivity index (χ2v) is 6.30. The van der Waals surface area contributed by atoms with Gasteiger partial charge in [-0.2, -0.15) is 5.10 Å². The molecule has 24 heavy (non-hydrogen) atoms. The standard InChI is InChI=1S/C16H20N4O4/c1-16(2,3)15(23)17-10-7-9(5-6-11(10)24-4)14-18-12(19-20-14)8-13(21)22/h5-7H,8H2,1-4H3,(H,17,23)(H,21,22)(H,18,19,20). The number of carbonyl (C=O) groups excluding carboxylic acids is 1. The molecule has 1 aromatic heterocycles. The van der Waals surface area contributed by atoms with E-state index in [4.69, 9.17) is 9.84 Å². The molecule has 0 radical (unpaired) electrons. The second-order valence-electron chi connectivity index (χ2n) is 6.30. The van der Waals surface area contributed by atoms with Crippen LogP contribution in [0.1, 0.15) is 26.6 Å². The first-order valence-corrected chi connectivity index (χ1v) is 7.33. The van der Waals surface area contributed by atoms with Gasteiger partial charge in [-0.25, -0.2) is 4.98 Å². The number of hydrogen-bond donors (Lipinski definition) is 3. The zero-order valence-corrected chi connectivity index (χ0v) is 14.0. The van der Waals surface area contributed by atoms with Crippen molar-refractivity contribution in [2.45, 2.75) is 27.2 Å². The van der Waals surface area contributed by atoms with Crippen LogP contribution in [-0.2, 0) is 16.0 Å². The number of methoxy groups -OCH3 is 1. The number of benzene rings is 1. The highest BCUT2D eigenvalue weighted by Crippen LogP contribution is 2.30. The van der Waals surface area contributed by atoms with Gasteiger partial charge < -0.3 is 15.2 Å². The number of rotatable bonds is 5. The first-order valence-electron chi connectivity index (χ1n) is 7.33. The van der Waals surface area contributed by atoms with Crippen molar-refractivity contribution in [1.29, 1.82) is 0 Å². The number of amides is 1. The third kappa shape index (κ3) is 4.09. The summed E-state index contributed by atoms with van der Waals surface area (Å²) in [4.78, 5) is 27.1. The van der Waals surface area contributed by atoms with Crippen molar-refractivity contribution in [3.8, 4) is 17.1 Å². The maximum absolute atomic E-state index is 12.2. The topological polar surface area (TPSA) is 117 Å². The van der Waals surface area contributed by atoms with Crippen molar-refractivity contribution in [3.05, 3.63) is 24.0 Å². The molecule has 0 aliphatic rings. The highest BCUT2D eigenvalue weighted by Gasteiger charge is 2.22. The van der Waals surface area contributed by atoms with E-state index in [1.807, 2.05) is 20.8 Å². The van der Waals surface area contributed by atoms with Crippen LogP contribution in [-0.4, -0.2) is 39.3 Å². The number of ether oxygens (including phenoxy) is 1. The fourth-order valence-corrected chi connectivity index (χ4v) is 1.90. The van der Waals surface area contributed by atoms with Crippen LogP contribution in [0.4, 0.5) is 5.69 Å². The zero-order valence-electron chi connectivity index (χ0n) is 14.0. The van der Waals surface area contributed by atoms with E-state index in [2.05, 4.69) is 20.5 Å². The van der Waals surface area contributed by atoms with Crippen molar-refractivity contribution in [3.63, 3.8) is 0 Å². The molecule has 0 spiro atoms. The number of hydrogen-bond acceptors (Lipinski definition) is 5. The van der Waals surface area contributed by atoms with E-state index in [1.54, 1.807) is 18.2 Å². The largest absolute Gasteiger partial charge is 0.495 e. The van der Waals surface area contributed by atoms with Crippen molar-refractivity contribution < 1.29 is 19.4 Å². The Morgan fingerprint density at radius 3 is 2.62 bits per heavy atom. The summed E-state index contributed by atoms with van der Waals surface area (Å²) in [6.45, 7) is 5.43. The molecule has 2 aromatic rings. The van der Waals surface area contributed by atoms with Gasteiger partial charge in [-0.1, -0.05) is 20.8 Å². The minimum absolute atomic E-state index is 0.153. The molecular formula is C16H20N4O4. The molecule has 0 saturated carbocycles. The van der Waals surface area contributed by atoms with Gasteiger partial charge in [0.15, 0.2) is 5.82 Å². The number of anilines is 1. The van der Waals surface area contributed by atoms with Crippen LogP contribution in [0.5, 0.6) is 5.75 Å². The first kappa shape index (κ1) is 17.5. The number of nitrogens with one attached hydrogen (secondary N) is 2. The Morgan fingerprint density at radius 2 is 2.04 bits per heavy atom. The smallest absolute Gasteiger partial charge is 0.311 e. The molecule has 2 rings (SSSR count). The molecule has 1 amide bonds. The molecule has 0 bridgehead atoms. The molecule has 1 heterocycles. The van der Waals surface area contributed by atoms with E-state index in [1.165, 1.54) is 7.11 Å². The first-order chi connectivity index (χ1) is 11.2. The minimum atomic E-state index is -0.995. The van der Waals surface area contributed by atoms with Gasteiger partial charge in [0.1, 0.15) is 18.0 Å². The van der Waals surface area contributed by atoms with Gasteiger partial charge in [-0.15, -0.1) is 0 Å². The number of nitrogens with zero attached hydrogens (tertiary/aromatic N) is 2. The van der Waals surface area contributed by atoms with Gasteiger partial charge in [0.2, 0.25) is 5.91 Å². The third-order valence-electron chi connectivity index (χ3n) is 3.24. The van der Waals surface area contributed by atoms with E-state index < -0.39 is 11.4 Å². The van der Waals surface area contributed by atoms with Gasteiger partial charge >= 0.3 is 5.97 Å². The Kier molecular flexibility index (Phi) is 4.87. The molecule has 3 N–H and O–H groups in total. The monoisotopic (exact) mass is 332 g/mol. The third-order valence-corrected chi connectivity index (χ3v) is 3.24. The van der Waals surface area contributed by atoms with Gasteiger partial charge in [0.25, 0.3) is 0 Å². The van der Waals surface area contributed by atoms with E-state index in [0.29, 0.717) is 22.8 Å². The lowest BCUT2D eigenvalue weighted by atomic mass is 9.95. The lowest BCUT2D eigenvalue weighted by Crippen LogP contribution is -2.27. The van der Waals surface area contributed by atoms with Crippen molar-refractivity contribution in [2.75, 3.05) is 12.4 Å². The molecule has 0 fully saturated rings. The average Bonchev–Trinajstić information content (AvgIpc) is 2.93. The molecule has 0 aliphatic carbocycles. The zero-order chi connectivity index (χ0) is 17.9. The summed E-state index contributed by atoms with van der Waals surface area (Å²) in [5.74, 6) is -0.0311. The van der Waals surface area contributed by atoms with Crippen molar-refractivity contribution in [1.82, 2.24) is 15.2 Å². The molecule has 8 heteroatoms. The SMILES string of the molecule is COc1ccc(-c2n[nH]c(CC(=O)O)n2)cc1NC(=O)C(C)(C)C. The van der Waals surface area contributed by atoms with Gasteiger partial charge in [-0.05, 0) is 18.2 Å². The summed E-state index contributed by atoms with van der Waals surface area (Å²) in [5.41, 5.74) is 0.577. The lowest BCUT2D eigenvalue weighted by Gasteiger charge is -2.19. The van der Waals surface area contributed by atoms with Crippen LogP contribution in [0, 0.1) is 5.41 Å². The molecule has 1 aromatic carbocycles. The maximum Gasteiger partial charge on any atom is 0.311 e. The summed E-state index contributed by atoms with van der Waals surface area (Å²) in [5, 5.41) is 18.2. The predicted molar refractivity (Wildman–Crippen MR) is 87.8 cm³/mol. The Labute approximate surface area is 139 Å². The number of carboxylic acid groups (broad SMARTS) is 1. The average molecular weight is 332 g/mol. The fourth-order valence-electron chi connectivity index (χ4n) is 1.90. The van der Waals surface area contributed by atoms with Crippen molar-refractivity contribution >= 4 is 17.6 Å². The van der Waals surface area contributed by atoms with Crippen LogP contribution >= 0.6 is 0 Å². The summed E-state index contributed by atoms with van der Waals surface area (Å²) in [7, 11) is 1.51. The molecular weight excluding hydrogens is 312 g/mol. The van der Waals surface area contributed by atoms with Crippen LogP contribution in [0.25, 0.3) is 11.4 Å². The normalized spacial score (nSPS) is 11.2. The molecule has 0 saturated heterocycles. The second kappa shape index (κ2) is 6.69. The maximum atomic E-state index is 12.2. The van der Waals surface area contributed by atoms with Crippen LogP contribution < -0.4 is 10.1 Å². The Balaban J connectivity index is 2.32. The summed E-state index contributed by atoms with van der Waals surface area (Å²) in [6.07, 6.45) is -0.239. The quantitative estimate of drug-likeness (QED) is 0.772. The van der Waals surface area contributed by atoms with Crippen LogP contribution in [0.15, 0.2) is 18.2 Å². The molecule has 0 atom stereocenters. The predicted octanol–water partition coefficient (Wildman–Crippen LogP) is 2.09. The number of H-pyrrole nitrogens is 1. The molecule has 128 valence electrons. The highest BCUT2D eigenvalue weighted by molar-refractivity contribution is 5.96. The van der Waals surface area contributed by atoms with E-state index in [-0.39, 0.29) is 18.2 Å². The van der Waals surface area contributed by atoms with E-state index in [0.717, 1.165) is 0 Å². The number of aromatic nitrogens is 3. The summed E-state index contributed by atoms with van der Waals surface area (Å²) >= 11 is 0. The molecule has 0 aliphatic heterocycles. The summed E-state index contributed by atoms with van der Waals surface area (Å²) in [6, 6.07) is 5.12. The van der Waals surface area contributed by atoms with E-state index >= 15 is 0 Å². The minimum Gasteiger partial charge on any atom is -0.495 e. The lowest BCUT2D eigenvalue weighted by molar-refractivity contribution is -0.136. The Morgan fingerprint density at radius 1 is 1.33 bits per heavy atom. The van der Waals surface area contributed by atoms with Gasteiger partial charge in [0, 0.05) is 11.0 Å². The number of aromatic amines is 1. The number of carboxylic acids is 1. The summed E-state index contributed by atoms with van der Waals surface area (Å²) < 4.78 is 5.27. The van der Waals surface area contributed by atoms with Gasteiger partial charge in [0.05, 0.1) is 12.8 Å². The number of aliphatic carboxylic acids is 1. The van der Waals surface area contributed by atoms with Gasteiger partial charge in [-0.3, -0.25) is 14.7 Å². The van der Waals surface area contributed by atoms with Crippen LogP contribution in [0.2, 0.25) is 0 Å². The highest BCUT2D eigenvalue weighted by atomic mass is 16.5. The number of carbonyl (C=O) groups is 2. The van der Waals surface area contributed by atoms with E-state index in [9.17, 15) is 9.59 Å². The fraction of sp³-hybridized carbons (Fsp3) is 0.375.